The first kappa shape index (κ1) is 14.8. The van der Waals surface area contributed by atoms with Crippen molar-refractivity contribution < 1.29 is 14.3 Å². The summed E-state index contributed by atoms with van der Waals surface area (Å²) in [7, 11) is 1.37. The lowest BCUT2D eigenvalue weighted by atomic mass is 9.97. The van der Waals surface area contributed by atoms with Crippen LogP contribution in [-0.4, -0.2) is 37.0 Å². The zero-order valence-corrected chi connectivity index (χ0v) is 12.9. The van der Waals surface area contributed by atoms with Gasteiger partial charge in [0.25, 0.3) is 5.91 Å². The Morgan fingerprint density at radius 1 is 1.45 bits per heavy atom. The maximum Gasteiger partial charge on any atom is 0.310 e. The van der Waals surface area contributed by atoms with Gasteiger partial charge in [0.2, 0.25) is 0 Å². The molecule has 1 aromatic carbocycles. The van der Waals surface area contributed by atoms with Gasteiger partial charge in [0.05, 0.1) is 23.1 Å². The molecule has 1 saturated heterocycles. The number of anilines is 1. The van der Waals surface area contributed by atoms with E-state index in [1.807, 2.05) is 0 Å². The summed E-state index contributed by atoms with van der Waals surface area (Å²) in [5, 5.41) is 0. The monoisotopic (exact) mass is 340 g/mol. The van der Waals surface area contributed by atoms with Crippen LogP contribution in [0, 0.1) is 5.92 Å². The molecule has 1 atom stereocenters. The lowest BCUT2D eigenvalue weighted by Gasteiger charge is -2.31. The minimum Gasteiger partial charge on any atom is -0.469 e. The smallest absolute Gasteiger partial charge is 0.310 e. The van der Waals surface area contributed by atoms with Crippen LogP contribution in [0.3, 0.4) is 0 Å². The average Bonchev–Trinajstić information content (AvgIpc) is 2.48. The molecule has 1 unspecified atom stereocenters. The second-order valence-corrected chi connectivity index (χ2v) is 5.62. The molecule has 6 heteroatoms. The number of carbonyl (C=O) groups excluding carboxylic acids is 2. The van der Waals surface area contributed by atoms with Crippen LogP contribution >= 0.6 is 15.9 Å². The molecule has 2 N–H and O–H groups in total. The second-order valence-electron chi connectivity index (χ2n) is 4.82. The summed E-state index contributed by atoms with van der Waals surface area (Å²) in [5.41, 5.74) is 6.84. The Morgan fingerprint density at radius 2 is 2.20 bits per heavy atom. The summed E-state index contributed by atoms with van der Waals surface area (Å²) >= 11 is 3.34. The summed E-state index contributed by atoms with van der Waals surface area (Å²) in [4.78, 5) is 25.8. The van der Waals surface area contributed by atoms with E-state index in [2.05, 4.69) is 15.9 Å². The van der Waals surface area contributed by atoms with Gasteiger partial charge in [-0.3, -0.25) is 9.59 Å². The van der Waals surface area contributed by atoms with Gasteiger partial charge in [-0.15, -0.1) is 0 Å². The molecule has 0 aliphatic carbocycles. The molecule has 0 spiro atoms. The first-order valence-corrected chi connectivity index (χ1v) is 7.25. The number of esters is 1. The normalized spacial score (nSPS) is 18.7. The van der Waals surface area contributed by atoms with E-state index in [-0.39, 0.29) is 17.8 Å². The fourth-order valence-electron chi connectivity index (χ4n) is 2.41. The quantitative estimate of drug-likeness (QED) is 0.660. The van der Waals surface area contributed by atoms with Crippen LogP contribution in [0.5, 0.6) is 0 Å². The minimum absolute atomic E-state index is 0.113. The number of rotatable bonds is 2. The van der Waals surface area contributed by atoms with Crippen LogP contribution in [0.15, 0.2) is 22.7 Å². The van der Waals surface area contributed by atoms with Crippen molar-refractivity contribution in [2.75, 3.05) is 25.9 Å². The van der Waals surface area contributed by atoms with Crippen LogP contribution in [0.1, 0.15) is 23.2 Å². The Kier molecular flexibility index (Phi) is 4.65. The molecule has 2 rings (SSSR count). The molecule has 1 aliphatic rings. The van der Waals surface area contributed by atoms with E-state index in [9.17, 15) is 9.59 Å². The number of methoxy groups -OCH3 is 1. The predicted molar refractivity (Wildman–Crippen MR) is 79.2 cm³/mol. The first-order chi connectivity index (χ1) is 9.54. The highest BCUT2D eigenvalue weighted by atomic mass is 79.9. The molecule has 1 aliphatic heterocycles. The number of benzene rings is 1. The van der Waals surface area contributed by atoms with Crippen molar-refractivity contribution in [3.05, 3.63) is 28.2 Å². The van der Waals surface area contributed by atoms with Gasteiger partial charge in [0, 0.05) is 18.8 Å². The average molecular weight is 341 g/mol. The summed E-state index contributed by atoms with van der Waals surface area (Å²) in [5.74, 6) is -0.607. The van der Waals surface area contributed by atoms with Crippen LogP contribution in [0.2, 0.25) is 0 Å². The Balaban J connectivity index is 2.16. The number of halogens is 1. The zero-order valence-electron chi connectivity index (χ0n) is 11.3. The highest BCUT2D eigenvalue weighted by Crippen LogP contribution is 2.27. The number of piperidine rings is 1. The van der Waals surface area contributed by atoms with Gasteiger partial charge in [-0.05, 0) is 40.9 Å². The number of likely N-dealkylation sites (tertiary alicyclic amines) is 1. The van der Waals surface area contributed by atoms with Crippen molar-refractivity contribution in [2.24, 2.45) is 5.92 Å². The van der Waals surface area contributed by atoms with E-state index >= 15 is 0 Å². The predicted octanol–water partition coefficient (Wildman–Crippen LogP) is 2.06. The Bertz CT molecular complexity index is 533. The topological polar surface area (TPSA) is 72.6 Å². The van der Waals surface area contributed by atoms with Crippen molar-refractivity contribution in [3.8, 4) is 0 Å². The van der Waals surface area contributed by atoms with Crippen LogP contribution < -0.4 is 5.73 Å². The number of nitrogens with zero attached hydrogens (tertiary/aromatic N) is 1. The van der Waals surface area contributed by atoms with Crippen molar-refractivity contribution in [1.29, 1.82) is 0 Å². The molecule has 20 heavy (non-hydrogen) atoms. The number of nitrogens with two attached hydrogens (primary N) is 1. The molecule has 0 radical (unpaired) electrons. The lowest BCUT2D eigenvalue weighted by Crippen LogP contribution is -2.42. The molecule has 108 valence electrons. The first-order valence-electron chi connectivity index (χ1n) is 6.45. The molecule has 0 bridgehead atoms. The van der Waals surface area contributed by atoms with E-state index in [0.717, 1.165) is 12.8 Å². The number of hydrogen-bond donors (Lipinski definition) is 1. The third kappa shape index (κ3) is 2.95. The Morgan fingerprint density at radius 3 is 2.90 bits per heavy atom. The van der Waals surface area contributed by atoms with E-state index < -0.39 is 0 Å². The van der Waals surface area contributed by atoms with E-state index in [0.29, 0.717) is 28.8 Å². The molecule has 1 amide bonds. The maximum absolute atomic E-state index is 12.5. The van der Waals surface area contributed by atoms with Crippen molar-refractivity contribution in [3.63, 3.8) is 0 Å². The highest BCUT2D eigenvalue weighted by molar-refractivity contribution is 9.10. The molecule has 0 aromatic heterocycles. The van der Waals surface area contributed by atoms with Gasteiger partial charge in [0.1, 0.15) is 0 Å². The maximum atomic E-state index is 12.5. The fourth-order valence-corrected chi connectivity index (χ4v) is 2.84. The summed E-state index contributed by atoms with van der Waals surface area (Å²) in [6.45, 7) is 1.04. The van der Waals surface area contributed by atoms with Gasteiger partial charge < -0.3 is 15.4 Å². The fraction of sp³-hybridized carbons (Fsp3) is 0.429. The van der Waals surface area contributed by atoms with Crippen LogP contribution in [0.4, 0.5) is 5.69 Å². The van der Waals surface area contributed by atoms with E-state index in [1.165, 1.54) is 7.11 Å². The van der Waals surface area contributed by atoms with Gasteiger partial charge in [0.15, 0.2) is 0 Å². The Labute approximate surface area is 126 Å². The number of ether oxygens (including phenoxy) is 1. The zero-order chi connectivity index (χ0) is 14.7. The van der Waals surface area contributed by atoms with Crippen molar-refractivity contribution >= 4 is 33.5 Å². The summed E-state index contributed by atoms with van der Waals surface area (Å²) in [6, 6.07) is 5.20. The van der Waals surface area contributed by atoms with Gasteiger partial charge in [-0.25, -0.2) is 0 Å². The van der Waals surface area contributed by atoms with E-state index in [4.69, 9.17) is 10.5 Å². The molecule has 0 saturated carbocycles. The highest BCUT2D eigenvalue weighted by Gasteiger charge is 2.30. The third-order valence-electron chi connectivity index (χ3n) is 3.50. The van der Waals surface area contributed by atoms with Gasteiger partial charge in [-0.1, -0.05) is 6.07 Å². The van der Waals surface area contributed by atoms with Crippen LogP contribution in [-0.2, 0) is 9.53 Å². The largest absolute Gasteiger partial charge is 0.469 e. The lowest BCUT2D eigenvalue weighted by molar-refractivity contribution is -0.146. The van der Waals surface area contributed by atoms with Crippen molar-refractivity contribution in [1.82, 2.24) is 4.90 Å². The minimum atomic E-state index is -0.255. The van der Waals surface area contributed by atoms with Crippen molar-refractivity contribution in [2.45, 2.75) is 12.8 Å². The van der Waals surface area contributed by atoms with Gasteiger partial charge in [-0.2, -0.15) is 0 Å². The number of carbonyl (C=O) groups is 2. The third-order valence-corrected chi connectivity index (χ3v) is 4.39. The number of nitrogen functional groups attached to an aromatic ring is 1. The number of amides is 1. The number of hydrogen-bond acceptors (Lipinski definition) is 4. The molecular formula is C14H17BrN2O3. The molecular weight excluding hydrogens is 324 g/mol. The summed E-state index contributed by atoms with van der Waals surface area (Å²) < 4.78 is 5.36. The Hall–Kier alpha value is -1.56. The summed E-state index contributed by atoms with van der Waals surface area (Å²) in [6.07, 6.45) is 1.56. The second kappa shape index (κ2) is 6.26. The molecule has 1 heterocycles. The SMILES string of the molecule is COC(=O)C1CCCN(C(=O)c2cccc(N)c2Br)C1. The molecule has 5 nitrogen and oxygen atoms in total. The molecule has 1 fully saturated rings. The van der Waals surface area contributed by atoms with Crippen LogP contribution in [0.25, 0.3) is 0 Å². The van der Waals surface area contributed by atoms with Gasteiger partial charge >= 0.3 is 5.97 Å². The van der Waals surface area contributed by atoms with E-state index in [1.54, 1.807) is 23.1 Å². The standard InChI is InChI=1S/C14H17BrN2O3/c1-20-14(19)9-4-3-7-17(8-9)13(18)10-5-2-6-11(16)12(10)15/h2,5-6,9H,3-4,7-8,16H2,1H3. The molecule has 1 aromatic rings.